The molecule has 0 aliphatic rings. The van der Waals surface area contributed by atoms with Gasteiger partial charge in [-0.3, -0.25) is 0 Å². The summed E-state index contributed by atoms with van der Waals surface area (Å²) >= 11 is -17.2. The van der Waals surface area contributed by atoms with Crippen molar-refractivity contribution < 1.29 is 126 Å². The van der Waals surface area contributed by atoms with Crippen LogP contribution in [0.15, 0.2) is 0 Å². The van der Waals surface area contributed by atoms with Gasteiger partial charge in [-0.2, -0.15) is 0 Å². The van der Waals surface area contributed by atoms with Crippen molar-refractivity contribution in [3.8, 4) is 0 Å². The molecule has 0 bridgehead atoms. The molecule has 0 amide bonds. The SMILES string of the molecule is [O]=[Cr](=[O])([O-])[O-].[O]=[Cr](=[O])([O-])[O-].[O]=[Cr](=[O])([O-])[O-].[V].[V]. The molecule has 0 heterocycles. The number of hydrogen-bond acceptors (Lipinski definition) is 12. The predicted molar refractivity (Wildman–Crippen MR) is 4.12 cm³/mol. The Kier molecular flexibility index (Phi) is 22.5. The van der Waals surface area contributed by atoms with Crippen LogP contribution in [-0.4, -0.2) is 0 Å². The topological polar surface area (TPSA) is 241 Å². The van der Waals surface area contributed by atoms with E-state index in [2.05, 4.69) is 0 Å². The molecule has 17 heteroatoms. The molecule has 2 radical (unpaired) electrons. The van der Waals surface area contributed by atoms with Gasteiger partial charge in [0.05, 0.1) is 0 Å². The van der Waals surface area contributed by atoms with Gasteiger partial charge in [-0.05, 0) is 0 Å². The van der Waals surface area contributed by atoms with Gasteiger partial charge in [0, 0.05) is 37.1 Å². The minimum atomic E-state index is -5.75. The summed E-state index contributed by atoms with van der Waals surface area (Å²) in [5.74, 6) is 0. The Labute approximate surface area is 125 Å². The third kappa shape index (κ3) is 2310. The van der Waals surface area contributed by atoms with E-state index in [9.17, 15) is 0 Å². The normalized spacial score (nSPS) is 10.2. The standard InChI is InChI=1S/3Cr.12O.2V/q;;;;;;;;;6*-1;;. The summed E-state index contributed by atoms with van der Waals surface area (Å²) in [7, 11) is 0. The molecule has 0 fully saturated rings. The maximum Gasteiger partial charge on any atom is 0 e. The minimum Gasteiger partial charge on any atom is 0 e. The number of hydrogen-bond donors (Lipinski definition) is 0. The zero-order chi connectivity index (χ0) is 13.5. The molecule has 0 aliphatic carbocycles. The fraction of sp³-hybridized carbons (Fsp3) is 0. The van der Waals surface area contributed by atoms with Gasteiger partial charge in [-0.15, -0.1) is 0 Å². The molecule has 0 saturated heterocycles. The first-order valence-corrected chi connectivity index (χ1v) is 8.25. The zero-order valence-electron chi connectivity index (χ0n) is 7.02. The van der Waals surface area contributed by atoms with Crippen LogP contribution in [0.3, 0.4) is 0 Å². The summed E-state index contributed by atoms with van der Waals surface area (Å²) in [6.45, 7) is 0. The molecule has 0 atom stereocenters. The van der Waals surface area contributed by atoms with Crippen molar-refractivity contribution in [1.82, 2.24) is 0 Å². The first-order valence-electron chi connectivity index (χ1n) is 2.00. The van der Waals surface area contributed by atoms with Crippen LogP contribution in [0.1, 0.15) is 0 Å². The largest absolute Gasteiger partial charge is 0 e. The Hall–Kier alpha value is 1.33. The van der Waals surface area contributed by atoms with Crippen LogP contribution in [0.2, 0.25) is 0 Å². The van der Waals surface area contributed by atoms with E-state index >= 15 is 0 Å². The Morgan fingerprint density at radius 3 is 0.412 bits per heavy atom. The summed E-state index contributed by atoms with van der Waals surface area (Å²) in [4.78, 5) is 0. The molecular weight excluding hydrogens is 450 g/mol. The van der Waals surface area contributed by atoms with E-state index in [-0.39, 0.29) is 37.1 Å². The Morgan fingerprint density at radius 2 is 0.412 bits per heavy atom. The summed E-state index contributed by atoms with van der Waals surface area (Å²) < 4.78 is 103. The van der Waals surface area contributed by atoms with Crippen LogP contribution in [-0.2, 0) is 101 Å². The molecule has 0 saturated carbocycles. The zero-order valence-corrected chi connectivity index (χ0v) is 13.6. The van der Waals surface area contributed by atoms with Gasteiger partial charge in [-0.1, -0.05) is 0 Å². The van der Waals surface area contributed by atoms with Gasteiger partial charge in [0.2, 0.25) is 0 Å². The van der Waals surface area contributed by atoms with Gasteiger partial charge < -0.3 is 0 Å². The predicted octanol–water partition coefficient (Wildman–Crippen LogP) is -7.86. The first kappa shape index (κ1) is 31.0. The first-order chi connectivity index (χ1) is 6.00. The van der Waals surface area contributed by atoms with Crippen molar-refractivity contribution >= 4 is 0 Å². The number of rotatable bonds is 0. The minimum absolute atomic E-state index is 0. The molecule has 17 heavy (non-hydrogen) atoms. The fourth-order valence-corrected chi connectivity index (χ4v) is 0. The summed E-state index contributed by atoms with van der Waals surface area (Å²) in [5.41, 5.74) is 0. The van der Waals surface area contributed by atoms with Crippen molar-refractivity contribution in [3.63, 3.8) is 0 Å². The van der Waals surface area contributed by atoms with E-state index in [1.165, 1.54) is 0 Å². The maximum atomic E-state index is 8.59. The maximum absolute atomic E-state index is 8.59. The van der Waals surface area contributed by atoms with Crippen molar-refractivity contribution in [2.75, 3.05) is 0 Å². The molecule has 0 aromatic carbocycles. The molecular formula is Cr3O12V2-6. The van der Waals surface area contributed by atoms with E-state index in [0.717, 1.165) is 0 Å². The molecule has 0 aromatic heterocycles. The molecule has 0 N–H and O–H groups in total. The second-order valence-electron chi connectivity index (χ2n) is 1.22. The van der Waals surface area contributed by atoms with Crippen molar-refractivity contribution in [1.29, 1.82) is 0 Å². The molecule has 0 aliphatic heterocycles. The average molecular weight is 450 g/mol. The second kappa shape index (κ2) is 12.4. The monoisotopic (exact) mass is 450 g/mol. The van der Waals surface area contributed by atoms with E-state index in [1.807, 2.05) is 0 Å². The quantitative estimate of drug-likeness (QED) is 0.334. The summed E-state index contributed by atoms with van der Waals surface area (Å²) in [5, 5.41) is 0. The third-order valence-corrected chi connectivity index (χ3v) is 0. The van der Waals surface area contributed by atoms with Gasteiger partial charge in [0.15, 0.2) is 0 Å². The molecule has 12 nitrogen and oxygen atoms in total. The Bertz CT molecular complexity index is 341. The van der Waals surface area contributed by atoms with Crippen molar-refractivity contribution in [2.45, 2.75) is 0 Å². The second-order valence-corrected chi connectivity index (χ2v) is 5.05. The van der Waals surface area contributed by atoms with Crippen LogP contribution in [0, 0.1) is 0 Å². The molecule has 0 rings (SSSR count). The van der Waals surface area contributed by atoms with Crippen molar-refractivity contribution in [2.24, 2.45) is 0 Å². The van der Waals surface area contributed by atoms with E-state index in [1.54, 1.807) is 0 Å². The van der Waals surface area contributed by atoms with Gasteiger partial charge in [0.1, 0.15) is 0 Å². The van der Waals surface area contributed by atoms with Crippen LogP contribution >= 0.6 is 0 Å². The third-order valence-electron chi connectivity index (χ3n) is 0. The van der Waals surface area contributed by atoms with E-state index in [0.29, 0.717) is 0 Å². The van der Waals surface area contributed by atoms with Gasteiger partial charge in [-0.25, -0.2) is 0 Å². The molecule has 0 spiro atoms. The summed E-state index contributed by atoms with van der Waals surface area (Å²) in [6.07, 6.45) is 0. The smallest absolute Gasteiger partial charge is 0 e. The van der Waals surface area contributed by atoms with Crippen LogP contribution in [0.25, 0.3) is 0 Å². The summed E-state index contributed by atoms with van der Waals surface area (Å²) in [6, 6.07) is 0. The Morgan fingerprint density at radius 1 is 0.412 bits per heavy atom. The molecule has 106 valence electrons. The van der Waals surface area contributed by atoms with E-state index < -0.39 is 40.8 Å². The Balaban J connectivity index is -0.0000000400. The van der Waals surface area contributed by atoms with Crippen LogP contribution in [0.5, 0.6) is 0 Å². The fourth-order valence-electron chi connectivity index (χ4n) is 0. The van der Waals surface area contributed by atoms with Gasteiger partial charge >= 0.3 is 88.6 Å². The van der Waals surface area contributed by atoms with Crippen LogP contribution < -0.4 is 24.9 Å². The van der Waals surface area contributed by atoms with E-state index in [4.69, 9.17) is 47.8 Å². The molecule has 0 aromatic rings. The van der Waals surface area contributed by atoms with Crippen LogP contribution in [0.4, 0.5) is 0 Å². The van der Waals surface area contributed by atoms with Gasteiger partial charge in [0.25, 0.3) is 0 Å². The van der Waals surface area contributed by atoms with Crippen molar-refractivity contribution in [3.05, 3.63) is 0 Å². The average Bonchev–Trinajstić information content (AvgIpc) is 1.41. The molecule has 0 unspecified atom stereocenters.